The molecule has 0 amide bonds. The van der Waals surface area contributed by atoms with E-state index in [1.807, 2.05) is 30.5 Å². The van der Waals surface area contributed by atoms with Crippen LogP contribution in [0.5, 0.6) is 0 Å². The highest BCUT2D eigenvalue weighted by molar-refractivity contribution is 5.84. The van der Waals surface area contributed by atoms with Crippen LogP contribution in [0.4, 0.5) is 5.82 Å². The van der Waals surface area contributed by atoms with Gasteiger partial charge in [-0.05, 0) is 11.6 Å². The summed E-state index contributed by atoms with van der Waals surface area (Å²) in [5.41, 5.74) is 20.1. The molecular formula is C22H26N10O4. The highest BCUT2D eigenvalue weighted by Crippen LogP contribution is 2.18. The van der Waals surface area contributed by atoms with Crippen molar-refractivity contribution in [3.05, 3.63) is 66.9 Å². The maximum Gasteiger partial charge on any atom is 0.320 e. The Labute approximate surface area is 204 Å². The first kappa shape index (κ1) is 25.8. The lowest BCUT2D eigenvalue weighted by Crippen LogP contribution is -2.32. The highest BCUT2D eigenvalue weighted by atomic mass is 16.4. The second kappa shape index (κ2) is 12.0. The van der Waals surface area contributed by atoms with E-state index in [0.717, 1.165) is 16.5 Å². The zero-order valence-corrected chi connectivity index (χ0v) is 19.0. The Bertz CT molecular complexity index is 1410. The molecule has 0 bridgehead atoms. The van der Waals surface area contributed by atoms with Crippen LogP contribution in [0.2, 0.25) is 0 Å². The van der Waals surface area contributed by atoms with Crippen LogP contribution in [-0.2, 0) is 22.4 Å². The van der Waals surface area contributed by atoms with Crippen molar-refractivity contribution in [3.63, 3.8) is 0 Å². The number of benzene rings is 1. The summed E-state index contributed by atoms with van der Waals surface area (Å²) in [7, 11) is 0. The van der Waals surface area contributed by atoms with Gasteiger partial charge in [-0.3, -0.25) is 9.59 Å². The number of aliphatic carboxylic acids is 2. The largest absolute Gasteiger partial charge is 0.480 e. The van der Waals surface area contributed by atoms with E-state index in [-0.39, 0.29) is 6.42 Å². The minimum absolute atomic E-state index is 0.263. The second-order valence-electron chi connectivity index (χ2n) is 7.58. The van der Waals surface area contributed by atoms with Gasteiger partial charge in [-0.15, -0.1) is 0 Å². The molecule has 0 saturated carbocycles. The maximum absolute atomic E-state index is 10.6. The van der Waals surface area contributed by atoms with Gasteiger partial charge < -0.3 is 42.4 Å². The fraction of sp³-hybridized carbons (Fsp3) is 0.182. The Morgan fingerprint density at radius 3 is 2.28 bits per heavy atom. The van der Waals surface area contributed by atoms with Crippen LogP contribution in [0.1, 0.15) is 11.3 Å². The molecule has 11 N–H and O–H groups in total. The number of aromatic amines is 3. The molecule has 0 unspecified atom stereocenters. The third-order valence-corrected chi connectivity index (χ3v) is 4.99. The van der Waals surface area contributed by atoms with E-state index >= 15 is 0 Å². The number of nitrogens with one attached hydrogen (secondary N) is 3. The SMILES string of the molecule is N[C@@H](Cc1c[nH]c2ccccc12)C(=O)O.N[C@@H](Cc1c[nH]cn1)C(=O)O.Nc1ncnc2nc[nH]c12. The molecule has 14 heteroatoms. The Morgan fingerprint density at radius 2 is 1.61 bits per heavy atom. The van der Waals surface area contributed by atoms with E-state index in [2.05, 4.69) is 34.9 Å². The summed E-state index contributed by atoms with van der Waals surface area (Å²) in [6.45, 7) is 0. The number of nitrogens with two attached hydrogens (primary N) is 3. The van der Waals surface area contributed by atoms with Crippen molar-refractivity contribution in [3.8, 4) is 0 Å². The zero-order valence-electron chi connectivity index (χ0n) is 19.0. The number of carboxylic acid groups (broad SMARTS) is 2. The smallest absolute Gasteiger partial charge is 0.320 e. The lowest BCUT2D eigenvalue weighted by atomic mass is 10.1. The highest BCUT2D eigenvalue weighted by Gasteiger charge is 2.14. The summed E-state index contributed by atoms with van der Waals surface area (Å²) in [5.74, 6) is -1.55. The number of rotatable bonds is 6. The van der Waals surface area contributed by atoms with Gasteiger partial charge in [0.15, 0.2) is 11.5 Å². The van der Waals surface area contributed by atoms with Crippen molar-refractivity contribution >= 4 is 39.8 Å². The van der Waals surface area contributed by atoms with Crippen molar-refractivity contribution in [1.82, 2.24) is 34.9 Å². The van der Waals surface area contributed by atoms with Crippen LogP contribution in [0, 0.1) is 0 Å². The van der Waals surface area contributed by atoms with E-state index in [4.69, 9.17) is 27.4 Å². The van der Waals surface area contributed by atoms with Gasteiger partial charge in [-0.1, -0.05) is 18.2 Å². The third kappa shape index (κ3) is 6.85. The molecule has 2 atom stereocenters. The number of fused-ring (bicyclic) bond motifs is 2. The Morgan fingerprint density at radius 1 is 0.889 bits per heavy atom. The molecule has 36 heavy (non-hydrogen) atoms. The predicted octanol–water partition coefficient (Wildman–Crippen LogP) is 0.422. The van der Waals surface area contributed by atoms with Gasteiger partial charge >= 0.3 is 11.9 Å². The number of carboxylic acids is 2. The van der Waals surface area contributed by atoms with Crippen LogP contribution in [0.3, 0.4) is 0 Å². The Hall–Kier alpha value is -4.82. The Kier molecular flexibility index (Phi) is 8.63. The van der Waals surface area contributed by atoms with E-state index in [9.17, 15) is 9.59 Å². The molecule has 0 aliphatic rings. The molecule has 4 aromatic heterocycles. The fourth-order valence-electron chi connectivity index (χ4n) is 3.12. The normalized spacial score (nSPS) is 12.2. The number of aromatic nitrogens is 7. The molecule has 188 valence electrons. The van der Waals surface area contributed by atoms with Crippen LogP contribution >= 0.6 is 0 Å². The van der Waals surface area contributed by atoms with Gasteiger partial charge in [-0.25, -0.2) is 19.9 Å². The lowest BCUT2D eigenvalue weighted by molar-refractivity contribution is -0.139. The van der Waals surface area contributed by atoms with Crippen LogP contribution in [-0.4, -0.2) is 69.1 Å². The molecule has 1 aromatic carbocycles. The van der Waals surface area contributed by atoms with E-state index in [1.165, 1.54) is 19.0 Å². The average Bonchev–Trinajstić information content (AvgIpc) is 3.62. The molecule has 0 spiro atoms. The number of anilines is 1. The number of imidazole rings is 2. The summed E-state index contributed by atoms with van der Waals surface area (Å²) < 4.78 is 0. The molecule has 0 radical (unpaired) electrons. The van der Waals surface area contributed by atoms with Crippen LogP contribution in [0.15, 0.2) is 55.6 Å². The number of para-hydroxylation sites is 1. The first-order valence-electron chi connectivity index (χ1n) is 10.6. The lowest BCUT2D eigenvalue weighted by Gasteiger charge is -2.04. The summed E-state index contributed by atoms with van der Waals surface area (Å²) in [6.07, 6.45) is 8.46. The van der Waals surface area contributed by atoms with Gasteiger partial charge in [0.25, 0.3) is 0 Å². The summed E-state index contributed by atoms with van der Waals surface area (Å²) in [4.78, 5) is 44.9. The van der Waals surface area contributed by atoms with Crippen LogP contribution < -0.4 is 17.2 Å². The van der Waals surface area contributed by atoms with Crippen molar-refractivity contribution in [2.24, 2.45) is 11.5 Å². The molecular weight excluding hydrogens is 468 g/mol. The number of carbonyl (C=O) groups is 2. The summed E-state index contributed by atoms with van der Waals surface area (Å²) in [6, 6.07) is 6.05. The quantitative estimate of drug-likeness (QED) is 0.160. The number of nitrogen functional groups attached to an aromatic ring is 1. The minimum atomic E-state index is -1.01. The molecule has 14 nitrogen and oxygen atoms in total. The van der Waals surface area contributed by atoms with Crippen LogP contribution in [0.25, 0.3) is 22.1 Å². The molecule has 0 fully saturated rings. The van der Waals surface area contributed by atoms with Gasteiger partial charge in [0.2, 0.25) is 0 Å². The first-order chi connectivity index (χ1) is 17.3. The van der Waals surface area contributed by atoms with Crippen molar-refractivity contribution in [2.75, 3.05) is 5.73 Å². The molecule has 5 aromatic rings. The monoisotopic (exact) mass is 494 g/mol. The predicted molar refractivity (Wildman–Crippen MR) is 132 cm³/mol. The van der Waals surface area contributed by atoms with Crippen molar-refractivity contribution in [1.29, 1.82) is 0 Å². The van der Waals surface area contributed by atoms with Gasteiger partial charge in [0, 0.05) is 36.1 Å². The molecule has 0 aliphatic heterocycles. The van der Waals surface area contributed by atoms with E-state index < -0.39 is 24.0 Å². The van der Waals surface area contributed by atoms with Gasteiger partial charge in [0.1, 0.15) is 23.9 Å². The third-order valence-electron chi connectivity index (χ3n) is 4.99. The fourth-order valence-corrected chi connectivity index (χ4v) is 3.12. The van der Waals surface area contributed by atoms with Gasteiger partial charge in [0.05, 0.1) is 18.3 Å². The van der Waals surface area contributed by atoms with E-state index in [0.29, 0.717) is 29.1 Å². The summed E-state index contributed by atoms with van der Waals surface area (Å²) >= 11 is 0. The molecule has 0 aliphatic carbocycles. The number of H-pyrrole nitrogens is 3. The molecule has 4 heterocycles. The Balaban J connectivity index is 0.000000154. The standard InChI is InChI=1S/C11H12N2O2.C6H9N3O2.C5H5N5/c12-9(11(14)15)5-7-6-13-10-4-2-1-3-8(7)10;7-5(6(10)11)1-4-2-8-3-9-4;6-4-3-5(9-1-7-3)10-2-8-4/h1-4,6,9,13H,5,12H2,(H,14,15);2-3,5H,1,7H2,(H,8,9)(H,10,11);1-2H,(H3,6,7,8,9,10)/t9-;5-;/m00./s1. The van der Waals surface area contributed by atoms with Crippen molar-refractivity contribution in [2.45, 2.75) is 24.9 Å². The van der Waals surface area contributed by atoms with Crippen molar-refractivity contribution < 1.29 is 19.8 Å². The first-order valence-corrected chi connectivity index (χ1v) is 10.6. The zero-order chi connectivity index (χ0) is 26.1. The molecule has 0 saturated heterocycles. The topological polar surface area (TPSA) is 252 Å². The second-order valence-corrected chi connectivity index (χ2v) is 7.58. The summed E-state index contributed by atoms with van der Waals surface area (Å²) in [5, 5.41) is 18.2. The average molecular weight is 495 g/mol. The van der Waals surface area contributed by atoms with E-state index in [1.54, 1.807) is 6.20 Å². The number of hydrogen-bond donors (Lipinski definition) is 8. The number of hydrogen-bond acceptors (Lipinski definition) is 9. The minimum Gasteiger partial charge on any atom is -0.480 e. The number of nitrogens with zero attached hydrogens (tertiary/aromatic N) is 4. The maximum atomic E-state index is 10.6. The van der Waals surface area contributed by atoms with Gasteiger partial charge in [-0.2, -0.15) is 0 Å². The molecule has 5 rings (SSSR count).